The molecule has 152 valence electrons. The van der Waals surface area contributed by atoms with Crippen molar-refractivity contribution in [3.8, 4) is 16.9 Å². The molecule has 1 heterocycles. The Kier molecular flexibility index (Phi) is 5.41. The van der Waals surface area contributed by atoms with Crippen LogP contribution in [-0.4, -0.2) is 11.1 Å². The molecule has 0 saturated carbocycles. The minimum atomic E-state index is -0.938. The first-order valence-electron chi connectivity index (χ1n) is 9.56. The van der Waals surface area contributed by atoms with E-state index in [0.717, 1.165) is 33.2 Å². The molecule has 1 aromatic heterocycles. The number of ether oxygens (including phenoxy) is 1. The number of carboxylic acids is 1. The van der Waals surface area contributed by atoms with Crippen LogP contribution < -0.4 is 16.2 Å². The summed E-state index contributed by atoms with van der Waals surface area (Å²) < 4.78 is 11.7. The minimum Gasteiger partial charge on any atom is -0.489 e. The molecule has 0 radical (unpaired) electrons. The van der Waals surface area contributed by atoms with Gasteiger partial charge >= 0.3 is 5.97 Å². The van der Waals surface area contributed by atoms with Gasteiger partial charge in [-0.05, 0) is 59.2 Å². The molecule has 6 heteroatoms. The van der Waals surface area contributed by atoms with E-state index >= 15 is 0 Å². The van der Waals surface area contributed by atoms with E-state index in [1.807, 2.05) is 42.5 Å². The Bertz CT molecular complexity index is 1210. The van der Waals surface area contributed by atoms with Crippen molar-refractivity contribution in [2.45, 2.75) is 19.6 Å². The number of fused-ring (bicyclic) bond motifs is 1. The predicted octanol–water partition coefficient (Wildman–Crippen LogP) is 4.35. The number of nitrogen functional groups attached to an aromatic ring is 1. The first kappa shape index (κ1) is 19.5. The highest BCUT2D eigenvalue weighted by Crippen LogP contribution is 2.32. The first-order chi connectivity index (χ1) is 14.5. The van der Waals surface area contributed by atoms with Gasteiger partial charge in [-0.1, -0.05) is 18.2 Å². The summed E-state index contributed by atoms with van der Waals surface area (Å²) in [5, 5.41) is 10.1. The number of benzene rings is 3. The maximum absolute atomic E-state index is 11.2. The molecule has 4 aromatic rings. The molecule has 4 rings (SSSR count). The highest BCUT2D eigenvalue weighted by atomic mass is 16.5. The molecule has 0 aliphatic rings. The average Bonchev–Trinajstić information content (AvgIpc) is 3.21. The van der Waals surface area contributed by atoms with Crippen LogP contribution in [0.5, 0.6) is 5.75 Å². The van der Waals surface area contributed by atoms with E-state index in [1.165, 1.54) is 0 Å². The molecule has 0 spiro atoms. The lowest BCUT2D eigenvalue weighted by atomic mass is 9.99. The van der Waals surface area contributed by atoms with Crippen LogP contribution in [0.15, 0.2) is 71.3 Å². The molecule has 0 unspecified atom stereocenters. The van der Waals surface area contributed by atoms with E-state index in [0.29, 0.717) is 23.5 Å². The van der Waals surface area contributed by atoms with Gasteiger partial charge in [-0.15, -0.1) is 0 Å². The Balaban J connectivity index is 1.67. The van der Waals surface area contributed by atoms with E-state index in [4.69, 9.17) is 25.7 Å². The van der Waals surface area contributed by atoms with Gasteiger partial charge in [0.2, 0.25) is 0 Å². The van der Waals surface area contributed by atoms with Gasteiger partial charge < -0.3 is 25.7 Å². The Hall–Kier alpha value is -3.77. The van der Waals surface area contributed by atoms with E-state index in [2.05, 4.69) is 0 Å². The fourth-order valence-corrected chi connectivity index (χ4v) is 3.51. The van der Waals surface area contributed by atoms with Crippen molar-refractivity contribution in [2.24, 2.45) is 5.73 Å². The highest BCUT2D eigenvalue weighted by molar-refractivity contribution is 5.93. The molecule has 0 aliphatic heterocycles. The molecule has 5 N–H and O–H groups in total. The monoisotopic (exact) mass is 402 g/mol. The summed E-state index contributed by atoms with van der Waals surface area (Å²) in [5.41, 5.74) is 17.4. The molecule has 0 saturated heterocycles. The number of carbonyl (C=O) groups is 1. The standard InChI is InChI=1S/C24H22N2O4/c25-13-15-2-1-3-17(8-15)21-10-16(9-18-6-7-29-24(18)21)14-30-22-5-4-20(26)11-19(22)12-23(27)28/h1-11H,12-14,25-26H2,(H,27,28). The zero-order valence-corrected chi connectivity index (χ0v) is 16.3. The van der Waals surface area contributed by atoms with Crippen molar-refractivity contribution in [1.82, 2.24) is 0 Å². The molecule has 3 aromatic carbocycles. The molecule has 6 nitrogen and oxygen atoms in total. The third kappa shape index (κ3) is 4.14. The van der Waals surface area contributed by atoms with Crippen molar-refractivity contribution < 1.29 is 19.1 Å². The van der Waals surface area contributed by atoms with Crippen molar-refractivity contribution in [3.05, 3.63) is 83.6 Å². The van der Waals surface area contributed by atoms with Gasteiger partial charge in [-0.25, -0.2) is 0 Å². The molecule has 0 atom stereocenters. The Morgan fingerprint density at radius 3 is 2.70 bits per heavy atom. The maximum Gasteiger partial charge on any atom is 0.307 e. The molecule has 30 heavy (non-hydrogen) atoms. The molecule has 0 fully saturated rings. The summed E-state index contributed by atoms with van der Waals surface area (Å²) in [4.78, 5) is 11.2. The van der Waals surface area contributed by atoms with Crippen LogP contribution in [0.25, 0.3) is 22.1 Å². The third-order valence-corrected chi connectivity index (χ3v) is 4.91. The summed E-state index contributed by atoms with van der Waals surface area (Å²) in [7, 11) is 0. The highest BCUT2D eigenvalue weighted by Gasteiger charge is 2.13. The van der Waals surface area contributed by atoms with Crippen LogP contribution >= 0.6 is 0 Å². The predicted molar refractivity (Wildman–Crippen MR) is 116 cm³/mol. The first-order valence-corrected chi connectivity index (χ1v) is 9.56. The second-order valence-corrected chi connectivity index (χ2v) is 7.11. The van der Waals surface area contributed by atoms with Crippen LogP contribution in [0.3, 0.4) is 0 Å². The molecular formula is C24H22N2O4. The largest absolute Gasteiger partial charge is 0.489 e. The lowest BCUT2D eigenvalue weighted by Crippen LogP contribution is -2.05. The van der Waals surface area contributed by atoms with Gasteiger partial charge in [0.15, 0.2) is 0 Å². The van der Waals surface area contributed by atoms with E-state index in [1.54, 1.807) is 24.5 Å². The molecule has 0 bridgehead atoms. The number of hydrogen-bond donors (Lipinski definition) is 3. The lowest BCUT2D eigenvalue weighted by Gasteiger charge is -2.13. The Morgan fingerprint density at radius 1 is 1.03 bits per heavy atom. The van der Waals surface area contributed by atoms with E-state index in [-0.39, 0.29) is 13.0 Å². The Morgan fingerprint density at radius 2 is 1.90 bits per heavy atom. The van der Waals surface area contributed by atoms with E-state index < -0.39 is 5.97 Å². The van der Waals surface area contributed by atoms with Gasteiger partial charge in [0.1, 0.15) is 17.9 Å². The third-order valence-electron chi connectivity index (χ3n) is 4.91. The second-order valence-electron chi connectivity index (χ2n) is 7.11. The number of aliphatic carboxylic acids is 1. The number of rotatable bonds is 7. The van der Waals surface area contributed by atoms with Crippen LogP contribution in [0.4, 0.5) is 5.69 Å². The number of nitrogens with two attached hydrogens (primary N) is 2. The summed E-state index contributed by atoms with van der Waals surface area (Å²) in [6, 6.07) is 19.0. The number of anilines is 1. The molecule has 0 amide bonds. The fourth-order valence-electron chi connectivity index (χ4n) is 3.51. The van der Waals surface area contributed by atoms with Gasteiger partial charge in [-0.2, -0.15) is 0 Å². The van der Waals surface area contributed by atoms with Gasteiger partial charge in [0.05, 0.1) is 12.7 Å². The minimum absolute atomic E-state index is 0.154. The summed E-state index contributed by atoms with van der Waals surface area (Å²) in [6.45, 7) is 0.739. The smallest absolute Gasteiger partial charge is 0.307 e. The number of carboxylic acid groups (broad SMARTS) is 1. The second kappa shape index (κ2) is 8.31. The van der Waals surface area contributed by atoms with Gasteiger partial charge in [0, 0.05) is 28.7 Å². The normalized spacial score (nSPS) is 11.0. The van der Waals surface area contributed by atoms with Crippen LogP contribution in [0.1, 0.15) is 16.7 Å². The maximum atomic E-state index is 11.2. The lowest BCUT2D eigenvalue weighted by molar-refractivity contribution is -0.136. The van der Waals surface area contributed by atoms with Crippen LogP contribution in [0, 0.1) is 0 Å². The van der Waals surface area contributed by atoms with Crippen molar-refractivity contribution >= 4 is 22.6 Å². The number of furan rings is 1. The summed E-state index contributed by atoms with van der Waals surface area (Å²) >= 11 is 0. The molecule has 0 aliphatic carbocycles. The van der Waals surface area contributed by atoms with Gasteiger partial charge in [0.25, 0.3) is 0 Å². The van der Waals surface area contributed by atoms with E-state index in [9.17, 15) is 4.79 Å². The fraction of sp³-hybridized carbons (Fsp3) is 0.125. The summed E-state index contributed by atoms with van der Waals surface area (Å²) in [5.74, 6) is -0.432. The number of hydrogen-bond acceptors (Lipinski definition) is 5. The van der Waals surface area contributed by atoms with Crippen LogP contribution in [0.2, 0.25) is 0 Å². The Labute approximate surface area is 173 Å². The zero-order valence-electron chi connectivity index (χ0n) is 16.3. The van der Waals surface area contributed by atoms with Crippen molar-refractivity contribution in [2.75, 3.05) is 5.73 Å². The van der Waals surface area contributed by atoms with Crippen molar-refractivity contribution in [1.29, 1.82) is 0 Å². The van der Waals surface area contributed by atoms with Gasteiger partial charge in [-0.3, -0.25) is 4.79 Å². The quantitative estimate of drug-likeness (QED) is 0.396. The topological polar surface area (TPSA) is 112 Å². The SMILES string of the molecule is NCc1cccc(-c2cc(COc3ccc(N)cc3CC(=O)O)cc3ccoc23)c1. The van der Waals surface area contributed by atoms with Crippen LogP contribution in [-0.2, 0) is 24.4 Å². The van der Waals surface area contributed by atoms with Crippen molar-refractivity contribution in [3.63, 3.8) is 0 Å². The zero-order chi connectivity index (χ0) is 21.1. The molecular weight excluding hydrogens is 380 g/mol. The average molecular weight is 402 g/mol. The summed E-state index contributed by atoms with van der Waals surface area (Å²) in [6.07, 6.45) is 1.51.